The zero-order valence-electron chi connectivity index (χ0n) is 9.30. The molecule has 2 rings (SSSR count). The number of rotatable bonds is 1. The van der Waals surface area contributed by atoms with Crippen molar-refractivity contribution >= 4 is 0 Å². The summed E-state index contributed by atoms with van der Waals surface area (Å²) in [5.41, 5.74) is 4.61. The molecule has 0 saturated heterocycles. The maximum Gasteiger partial charge on any atom is 0.0297 e. The minimum atomic E-state index is 0.525. The molecule has 1 heteroatoms. The predicted octanol–water partition coefficient (Wildman–Crippen LogP) is 3.02. The molecule has 0 fully saturated rings. The van der Waals surface area contributed by atoms with Crippen molar-refractivity contribution in [2.75, 3.05) is 6.54 Å². The lowest BCUT2D eigenvalue weighted by Crippen LogP contribution is -2.29. The number of hydrogen-bond acceptors (Lipinski definition) is 1. The topological polar surface area (TPSA) is 12.0 Å². The summed E-state index contributed by atoms with van der Waals surface area (Å²) in [5, 5.41) is 3.53. The summed E-state index contributed by atoms with van der Waals surface area (Å²) < 4.78 is 0. The Kier molecular flexibility index (Phi) is 2.60. The van der Waals surface area contributed by atoms with Crippen LogP contribution in [-0.2, 0) is 6.42 Å². The molecule has 1 N–H and O–H groups in total. The van der Waals surface area contributed by atoms with Crippen LogP contribution in [-0.4, -0.2) is 6.54 Å². The summed E-state index contributed by atoms with van der Waals surface area (Å²) in [7, 11) is 0. The summed E-state index contributed by atoms with van der Waals surface area (Å²) in [6.45, 7) is 7.94. The van der Waals surface area contributed by atoms with E-state index < -0.39 is 0 Å². The van der Waals surface area contributed by atoms with Crippen LogP contribution in [0.5, 0.6) is 0 Å². The highest BCUT2D eigenvalue weighted by Crippen LogP contribution is 2.30. The Labute approximate surface area is 86.5 Å². The molecule has 1 atom stereocenters. The standard InChI is InChI=1S/C13H19N/c1-9(2)12-6-4-5-11-7-8-14-10(3)13(11)12/h4-6,9-10,14H,7-8H2,1-3H3/t10-/m1/s1. The van der Waals surface area contributed by atoms with Crippen LogP contribution >= 0.6 is 0 Å². The van der Waals surface area contributed by atoms with Crippen molar-refractivity contribution in [2.24, 2.45) is 0 Å². The van der Waals surface area contributed by atoms with E-state index in [2.05, 4.69) is 44.3 Å². The van der Waals surface area contributed by atoms with Gasteiger partial charge in [0.1, 0.15) is 0 Å². The normalized spacial score (nSPS) is 21.0. The molecule has 0 spiro atoms. The molecular weight excluding hydrogens is 170 g/mol. The molecule has 0 aromatic heterocycles. The Morgan fingerprint density at radius 2 is 2.14 bits per heavy atom. The number of benzene rings is 1. The second-order valence-electron chi connectivity index (χ2n) is 4.50. The quantitative estimate of drug-likeness (QED) is 0.716. The summed E-state index contributed by atoms with van der Waals surface area (Å²) in [4.78, 5) is 0. The number of fused-ring (bicyclic) bond motifs is 1. The fraction of sp³-hybridized carbons (Fsp3) is 0.538. The van der Waals surface area contributed by atoms with E-state index in [4.69, 9.17) is 0 Å². The van der Waals surface area contributed by atoms with Gasteiger partial charge in [-0.15, -0.1) is 0 Å². The average molecular weight is 189 g/mol. The highest BCUT2D eigenvalue weighted by atomic mass is 14.9. The van der Waals surface area contributed by atoms with Crippen LogP contribution < -0.4 is 5.32 Å². The monoisotopic (exact) mass is 189 g/mol. The van der Waals surface area contributed by atoms with Crippen LogP contribution in [0.3, 0.4) is 0 Å². The molecule has 0 unspecified atom stereocenters. The molecular formula is C13H19N. The fourth-order valence-corrected chi connectivity index (χ4v) is 2.41. The molecule has 0 radical (unpaired) electrons. The smallest absolute Gasteiger partial charge is 0.0297 e. The van der Waals surface area contributed by atoms with Gasteiger partial charge in [0.15, 0.2) is 0 Å². The Hall–Kier alpha value is -0.820. The van der Waals surface area contributed by atoms with E-state index in [1.54, 1.807) is 11.1 Å². The molecule has 14 heavy (non-hydrogen) atoms. The third kappa shape index (κ3) is 1.57. The van der Waals surface area contributed by atoms with Gasteiger partial charge in [0, 0.05) is 6.04 Å². The molecule has 1 aromatic rings. The van der Waals surface area contributed by atoms with Gasteiger partial charge in [0.05, 0.1) is 0 Å². The van der Waals surface area contributed by atoms with E-state index in [1.807, 2.05) is 0 Å². The van der Waals surface area contributed by atoms with Crippen LogP contribution in [0, 0.1) is 0 Å². The first-order chi connectivity index (χ1) is 6.70. The van der Waals surface area contributed by atoms with Gasteiger partial charge in [-0.05, 0) is 42.5 Å². The van der Waals surface area contributed by atoms with Gasteiger partial charge in [-0.2, -0.15) is 0 Å². The molecule has 0 bridgehead atoms. The summed E-state index contributed by atoms with van der Waals surface area (Å²) in [6.07, 6.45) is 1.18. The predicted molar refractivity (Wildman–Crippen MR) is 60.7 cm³/mol. The molecule has 0 aliphatic carbocycles. The molecule has 0 saturated carbocycles. The van der Waals surface area contributed by atoms with Crippen molar-refractivity contribution in [3.8, 4) is 0 Å². The van der Waals surface area contributed by atoms with Crippen LogP contribution in [0.15, 0.2) is 18.2 Å². The maximum atomic E-state index is 3.53. The van der Waals surface area contributed by atoms with E-state index in [1.165, 1.54) is 12.0 Å². The van der Waals surface area contributed by atoms with E-state index >= 15 is 0 Å². The first kappa shape index (κ1) is 9.72. The SMILES string of the molecule is CC(C)c1cccc2c1[C@@H](C)NCC2. The lowest BCUT2D eigenvalue weighted by Gasteiger charge is -2.27. The third-order valence-electron chi connectivity index (χ3n) is 3.13. The van der Waals surface area contributed by atoms with Crippen molar-refractivity contribution in [1.29, 1.82) is 0 Å². The van der Waals surface area contributed by atoms with E-state index in [-0.39, 0.29) is 0 Å². The van der Waals surface area contributed by atoms with Crippen molar-refractivity contribution in [2.45, 2.75) is 39.2 Å². The van der Waals surface area contributed by atoms with E-state index in [9.17, 15) is 0 Å². The molecule has 1 aliphatic rings. The molecule has 1 aliphatic heterocycles. The van der Waals surface area contributed by atoms with Gasteiger partial charge >= 0.3 is 0 Å². The van der Waals surface area contributed by atoms with E-state index in [0.29, 0.717) is 12.0 Å². The molecule has 76 valence electrons. The van der Waals surface area contributed by atoms with Crippen molar-refractivity contribution < 1.29 is 0 Å². The van der Waals surface area contributed by atoms with E-state index in [0.717, 1.165) is 6.54 Å². The Balaban J connectivity index is 2.52. The fourth-order valence-electron chi connectivity index (χ4n) is 2.41. The molecule has 0 amide bonds. The summed E-state index contributed by atoms with van der Waals surface area (Å²) in [5.74, 6) is 0.632. The number of hydrogen-bond donors (Lipinski definition) is 1. The lowest BCUT2D eigenvalue weighted by molar-refractivity contribution is 0.533. The molecule has 1 aromatic carbocycles. The highest BCUT2D eigenvalue weighted by Gasteiger charge is 2.19. The lowest BCUT2D eigenvalue weighted by atomic mass is 9.86. The zero-order chi connectivity index (χ0) is 10.1. The third-order valence-corrected chi connectivity index (χ3v) is 3.13. The zero-order valence-corrected chi connectivity index (χ0v) is 9.30. The van der Waals surface area contributed by atoms with Crippen LogP contribution in [0.4, 0.5) is 0 Å². The van der Waals surface area contributed by atoms with Crippen LogP contribution in [0.1, 0.15) is 49.4 Å². The van der Waals surface area contributed by atoms with Crippen LogP contribution in [0.25, 0.3) is 0 Å². The highest BCUT2D eigenvalue weighted by molar-refractivity contribution is 5.40. The second-order valence-corrected chi connectivity index (χ2v) is 4.50. The van der Waals surface area contributed by atoms with Gasteiger partial charge in [0.2, 0.25) is 0 Å². The first-order valence-corrected chi connectivity index (χ1v) is 5.55. The van der Waals surface area contributed by atoms with Gasteiger partial charge in [-0.25, -0.2) is 0 Å². The Morgan fingerprint density at radius 3 is 2.86 bits per heavy atom. The van der Waals surface area contributed by atoms with Gasteiger partial charge in [-0.3, -0.25) is 0 Å². The minimum Gasteiger partial charge on any atom is -0.310 e. The van der Waals surface area contributed by atoms with Crippen molar-refractivity contribution in [3.05, 3.63) is 34.9 Å². The minimum absolute atomic E-state index is 0.525. The van der Waals surface area contributed by atoms with Crippen molar-refractivity contribution in [3.63, 3.8) is 0 Å². The van der Waals surface area contributed by atoms with Gasteiger partial charge < -0.3 is 5.32 Å². The first-order valence-electron chi connectivity index (χ1n) is 5.55. The second kappa shape index (κ2) is 3.74. The maximum absolute atomic E-state index is 3.53. The number of nitrogens with one attached hydrogen (secondary N) is 1. The Bertz CT molecular complexity index is 328. The molecule has 1 nitrogen and oxygen atoms in total. The largest absolute Gasteiger partial charge is 0.310 e. The van der Waals surface area contributed by atoms with Crippen LogP contribution in [0.2, 0.25) is 0 Å². The Morgan fingerprint density at radius 1 is 1.36 bits per heavy atom. The average Bonchev–Trinajstić information content (AvgIpc) is 2.17. The summed E-state index contributed by atoms with van der Waals surface area (Å²) >= 11 is 0. The van der Waals surface area contributed by atoms with Gasteiger partial charge in [-0.1, -0.05) is 32.0 Å². The molecule has 1 heterocycles. The van der Waals surface area contributed by atoms with Crippen molar-refractivity contribution in [1.82, 2.24) is 5.32 Å². The summed E-state index contributed by atoms with van der Waals surface area (Å²) in [6, 6.07) is 7.27. The van der Waals surface area contributed by atoms with Gasteiger partial charge in [0.25, 0.3) is 0 Å².